The van der Waals surface area contributed by atoms with Crippen LogP contribution in [0.2, 0.25) is 0 Å². The summed E-state index contributed by atoms with van der Waals surface area (Å²) in [6.07, 6.45) is 2.82. The first-order valence-corrected chi connectivity index (χ1v) is 7.07. The second-order valence-corrected chi connectivity index (χ2v) is 4.93. The molecule has 2 aromatic carbocycles. The molecular formula is C18H17F2NO2. The highest BCUT2D eigenvalue weighted by atomic mass is 19.3. The molecule has 1 amide bonds. The summed E-state index contributed by atoms with van der Waals surface area (Å²) in [5, 5.41) is 0. The Labute approximate surface area is 133 Å². The maximum Gasteiger partial charge on any atom is 0.387 e. The number of carbonyl (C=O) groups is 1. The van der Waals surface area contributed by atoms with Crippen LogP contribution < -0.4 is 4.74 Å². The molecule has 0 spiro atoms. The van der Waals surface area contributed by atoms with Crippen LogP contribution in [0.25, 0.3) is 6.08 Å². The number of amides is 1. The average molecular weight is 317 g/mol. The van der Waals surface area contributed by atoms with Crippen molar-refractivity contribution in [1.29, 1.82) is 0 Å². The third kappa shape index (κ3) is 5.21. The molecule has 0 N–H and O–H groups in total. The molecule has 3 nitrogen and oxygen atoms in total. The van der Waals surface area contributed by atoms with E-state index in [0.717, 1.165) is 5.56 Å². The number of halogens is 2. The second-order valence-electron chi connectivity index (χ2n) is 4.93. The first-order valence-electron chi connectivity index (χ1n) is 7.07. The van der Waals surface area contributed by atoms with Crippen LogP contribution in [0.4, 0.5) is 8.78 Å². The molecule has 0 saturated carbocycles. The van der Waals surface area contributed by atoms with Crippen molar-refractivity contribution in [3.63, 3.8) is 0 Å². The van der Waals surface area contributed by atoms with E-state index in [2.05, 4.69) is 4.74 Å². The Morgan fingerprint density at radius 2 is 1.78 bits per heavy atom. The van der Waals surface area contributed by atoms with Gasteiger partial charge in [-0.2, -0.15) is 8.78 Å². The molecule has 0 aliphatic carbocycles. The van der Waals surface area contributed by atoms with Crippen molar-refractivity contribution in [1.82, 2.24) is 4.90 Å². The van der Waals surface area contributed by atoms with Crippen LogP contribution >= 0.6 is 0 Å². The molecule has 23 heavy (non-hydrogen) atoms. The summed E-state index contributed by atoms with van der Waals surface area (Å²) in [4.78, 5) is 13.6. The molecule has 5 heteroatoms. The van der Waals surface area contributed by atoms with Gasteiger partial charge < -0.3 is 9.64 Å². The number of ether oxygens (including phenoxy) is 1. The topological polar surface area (TPSA) is 29.5 Å². The van der Waals surface area contributed by atoms with Gasteiger partial charge in [0.25, 0.3) is 0 Å². The lowest BCUT2D eigenvalue weighted by Gasteiger charge is -2.15. The largest absolute Gasteiger partial charge is 0.434 e. The lowest BCUT2D eigenvalue weighted by atomic mass is 10.2. The molecule has 0 aliphatic heterocycles. The molecule has 0 atom stereocenters. The van der Waals surface area contributed by atoms with Crippen LogP contribution in [0.5, 0.6) is 5.75 Å². The summed E-state index contributed by atoms with van der Waals surface area (Å²) in [5.41, 5.74) is 1.44. The third-order valence-electron chi connectivity index (χ3n) is 3.18. The second kappa shape index (κ2) is 8.08. The number of likely N-dealkylation sites (N-methyl/N-ethyl adjacent to an activating group) is 1. The number of hydrogen-bond acceptors (Lipinski definition) is 2. The Bertz CT molecular complexity index is 672. The van der Waals surface area contributed by atoms with Crippen molar-refractivity contribution in [2.75, 3.05) is 7.05 Å². The zero-order valence-electron chi connectivity index (χ0n) is 12.7. The quantitative estimate of drug-likeness (QED) is 0.755. The molecule has 0 aliphatic rings. The fourth-order valence-electron chi connectivity index (χ4n) is 2.05. The predicted molar refractivity (Wildman–Crippen MR) is 85.0 cm³/mol. The van der Waals surface area contributed by atoms with Gasteiger partial charge in [0.15, 0.2) is 0 Å². The summed E-state index contributed by atoms with van der Waals surface area (Å²) in [7, 11) is 1.68. The Morgan fingerprint density at radius 3 is 2.48 bits per heavy atom. The van der Waals surface area contributed by atoms with Crippen LogP contribution in [0.15, 0.2) is 60.7 Å². The van der Waals surface area contributed by atoms with E-state index in [-0.39, 0.29) is 11.7 Å². The van der Waals surface area contributed by atoms with E-state index < -0.39 is 6.61 Å². The number of benzene rings is 2. The van der Waals surface area contributed by atoms with E-state index in [1.54, 1.807) is 30.1 Å². The molecule has 120 valence electrons. The van der Waals surface area contributed by atoms with Gasteiger partial charge >= 0.3 is 6.61 Å². The van der Waals surface area contributed by atoms with Crippen molar-refractivity contribution < 1.29 is 18.3 Å². The molecule has 0 aromatic heterocycles. The van der Waals surface area contributed by atoms with Crippen LogP contribution in [0, 0.1) is 0 Å². The van der Waals surface area contributed by atoms with Crippen LogP contribution in [-0.4, -0.2) is 24.5 Å². The molecule has 2 aromatic rings. The van der Waals surface area contributed by atoms with Gasteiger partial charge in [-0.05, 0) is 17.7 Å². The summed E-state index contributed by atoms with van der Waals surface area (Å²) in [5.74, 6) is -0.182. The van der Waals surface area contributed by atoms with Crippen LogP contribution in [-0.2, 0) is 11.3 Å². The van der Waals surface area contributed by atoms with E-state index in [1.165, 1.54) is 18.2 Å². The molecule has 0 unspecified atom stereocenters. The normalized spacial score (nSPS) is 11.0. The van der Waals surface area contributed by atoms with Gasteiger partial charge in [0.05, 0.1) is 0 Å². The first kappa shape index (κ1) is 16.7. The number of hydrogen-bond donors (Lipinski definition) is 0. The molecule has 0 bridgehead atoms. The lowest BCUT2D eigenvalue weighted by molar-refractivity contribution is -0.125. The first-order chi connectivity index (χ1) is 11.1. The summed E-state index contributed by atoms with van der Waals surface area (Å²) < 4.78 is 29.1. The molecule has 2 rings (SSSR count). The lowest BCUT2D eigenvalue weighted by Crippen LogP contribution is -2.24. The Balaban J connectivity index is 2.03. The molecular weight excluding hydrogens is 300 g/mol. The number of para-hydroxylation sites is 1. The average Bonchev–Trinajstić information content (AvgIpc) is 2.54. The maximum absolute atomic E-state index is 12.3. The van der Waals surface area contributed by atoms with E-state index in [1.807, 2.05) is 30.3 Å². The van der Waals surface area contributed by atoms with Gasteiger partial charge in [0, 0.05) is 25.2 Å². The van der Waals surface area contributed by atoms with E-state index >= 15 is 0 Å². The minimum atomic E-state index is -2.90. The highest BCUT2D eigenvalue weighted by molar-refractivity contribution is 5.92. The number of alkyl halides is 2. The monoisotopic (exact) mass is 317 g/mol. The van der Waals surface area contributed by atoms with Crippen LogP contribution in [0.1, 0.15) is 11.1 Å². The van der Waals surface area contributed by atoms with Crippen molar-refractivity contribution in [2.24, 2.45) is 0 Å². The zero-order chi connectivity index (χ0) is 16.7. The van der Waals surface area contributed by atoms with Gasteiger partial charge in [-0.1, -0.05) is 48.5 Å². The smallest absolute Gasteiger partial charge is 0.387 e. The fourth-order valence-corrected chi connectivity index (χ4v) is 2.05. The number of carbonyl (C=O) groups excluding carboxylic acids is 1. The molecule has 0 saturated heterocycles. The fraction of sp³-hybridized carbons (Fsp3) is 0.167. The highest BCUT2D eigenvalue weighted by Gasteiger charge is 2.09. The highest BCUT2D eigenvalue weighted by Crippen LogP contribution is 2.21. The minimum absolute atomic E-state index is 0.0391. The SMILES string of the molecule is CN(Cc1ccccc1)C(=O)/C=C/c1ccccc1OC(F)F. The van der Waals surface area contributed by atoms with Crippen molar-refractivity contribution >= 4 is 12.0 Å². The van der Waals surface area contributed by atoms with E-state index in [9.17, 15) is 13.6 Å². The van der Waals surface area contributed by atoms with E-state index in [4.69, 9.17) is 0 Å². The zero-order valence-corrected chi connectivity index (χ0v) is 12.7. The van der Waals surface area contributed by atoms with Gasteiger partial charge in [-0.3, -0.25) is 4.79 Å². The van der Waals surface area contributed by atoms with Crippen molar-refractivity contribution in [3.8, 4) is 5.75 Å². The number of rotatable bonds is 6. The molecule has 0 radical (unpaired) electrons. The molecule has 0 fully saturated rings. The molecule has 0 heterocycles. The van der Waals surface area contributed by atoms with Gasteiger partial charge in [-0.25, -0.2) is 0 Å². The van der Waals surface area contributed by atoms with Gasteiger partial charge in [0.1, 0.15) is 5.75 Å². The van der Waals surface area contributed by atoms with Crippen molar-refractivity contribution in [2.45, 2.75) is 13.2 Å². The Kier molecular flexibility index (Phi) is 5.86. The summed E-state index contributed by atoms with van der Waals surface area (Å²) in [6.45, 7) is -2.43. The number of nitrogens with zero attached hydrogens (tertiary/aromatic N) is 1. The predicted octanol–water partition coefficient (Wildman–Crippen LogP) is 3.96. The van der Waals surface area contributed by atoms with Crippen LogP contribution in [0.3, 0.4) is 0 Å². The van der Waals surface area contributed by atoms with Crippen molar-refractivity contribution in [3.05, 3.63) is 71.8 Å². The van der Waals surface area contributed by atoms with Gasteiger partial charge in [0.2, 0.25) is 5.91 Å². The third-order valence-corrected chi connectivity index (χ3v) is 3.18. The summed E-state index contributed by atoms with van der Waals surface area (Å²) in [6, 6.07) is 15.9. The maximum atomic E-state index is 12.3. The minimum Gasteiger partial charge on any atom is -0.434 e. The van der Waals surface area contributed by atoms with E-state index in [0.29, 0.717) is 12.1 Å². The Morgan fingerprint density at radius 1 is 1.13 bits per heavy atom. The standard InChI is InChI=1S/C18H17F2NO2/c1-21(13-14-7-3-2-4-8-14)17(22)12-11-15-9-5-6-10-16(15)23-18(19)20/h2-12,18H,13H2,1H3/b12-11+. The van der Waals surface area contributed by atoms with Gasteiger partial charge in [-0.15, -0.1) is 0 Å². The Hall–Kier alpha value is -2.69. The summed E-state index contributed by atoms with van der Waals surface area (Å²) >= 11 is 0.